The van der Waals surface area contributed by atoms with Crippen LogP contribution in [0.5, 0.6) is 0 Å². The Morgan fingerprint density at radius 3 is 2.28 bits per heavy atom. The second kappa shape index (κ2) is 9.14. The Morgan fingerprint density at radius 1 is 1.00 bits per heavy atom. The molecule has 0 spiro atoms. The van der Waals surface area contributed by atoms with Crippen molar-refractivity contribution in [3.8, 4) is 0 Å². The summed E-state index contributed by atoms with van der Waals surface area (Å²) >= 11 is 0. The molecule has 5 nitrogen and oxygen atoms in total. The van der Waals surface area contributed by atoms with E-state index in [9.17, 15) is 8.78 Å². The molecule has 3 rings (SSSR count). The van der Waals surface area contributed by atoms with Crippen LogP contribution in [0.4, 0.5) is 20.4 Å². The highest BCUT2D eigenvalue weighted by atomic mass is 19.1. The highest BCUT2D eigenvalue weighted by Crippen LogP contribution is 2.22. The predicted octanol–water partition coefficient (Wildman–Crippen LogP) is 4.02. The lowest BCUT2D eigenvalue weighted by molar-refractivity contribution is 0.609. The van der Waals surface area contributed by atoms with E-state index < -0.39 is 5.82 Å². The molecular formula is C22H23F2N5. The average molecular weight is 395 g/mol. The molecule has 0 bridgehead atoms. The van der Waals surface area contributed by atoms with Gasteiger partial charge in [0.25, 0.3) is 0 Å². The van der Waals surface area contributed by atoms with Gasteiger partial charge in [-0.05, 0) is 28.8 Å². The summed E-state index contributed by atoms with van der Waals surface area (Å²) in [5.41, 5.74) is 9.13. The molecular weight excluding hydrogens is 372 g/mol. The van der Waals surface area contributed by atoms with Gasteiger partial charge in [0.05, 0.1) is 0 Å². The van der Waals surface area contributed by atoms with Crippen molar-refractivity contribution in [3.05, 3.63) is 95.5 Å². The smallest absolute Gasteiger partial charge is 0.207 e. The fourth-order valence-electron chi connectivity index (χ4n) is 2.91. The van der Waals surface area contributed by atoms with Crippen molar-refractivity contribution < 1.29 is 8.78 Å². The van der Waals surface area contributed by atoms with Gasteiger partial charge in [-0.15, -0.1) is 0 Å². The van der Waals surface area contributed by atoms with Crippen molar-refractivity contribution in [1.29, 1.82) is 0 Å². The summed E-state index contributed by atoms with van der Waals surface area (Å²) in [5, 5.41) is 3.01. The van der Waals surface area contributed by atoms with Crippen LogP contribution in [0.25, 0.3) is 0 Å². The van der Waals surface area contributed by atoms with Gasteiger partial charge in [0.1, 0.15) is 12.1 Å². The first-order valence-corrected chi connectivity index (χ1v) is 9.13. The van der Waals surface area contributed by atoms with Gasteiger partial charge in [0.15, 0.2) is 11.6 Å². The number of aromatic nitrogens is 2. The number of hydrogen-bond donors (Lipinski definition) is 2. The van der Waals surface area contributed by atoms with E-state index in [1.54, 1.807) is 24.1 Å². The molecule has 1 heterocycles. The van der Waals surface area contributed by atoms with Crippen LogP contribution in [0, 0.1) is 11.6 Å². The summed E-state index contributed by atoms with van der Waals surface area (Å²) in [6.07, 6.45) is 1.94. The molecule has 1 aromatic heterocycles. The minimum absolute atomic E-state index is 0.125. The predicted molar refractivity (Wildman–Crippen MR) is 111 cm³/mol. The Kier molecular flexibility index (Phi) is 6.39. The molecule has 0 radical (unpaired) electrons. The van der Waals surface area contributed by atoms with E-state index in [4.69, 9.17) is 5.73 Å². The third-order valence-electron chi connectivity index (χ3n) is 4.38. The Morgan fingerprint density at radius 2 is 1.62 bits per heavy atom. The van der Waals surface area contributed by atoms with Crippen LogP contribution in [0.15, 0.2) is 67.1 Å². The van der Waals surface area contributed by atoms with Gasteiger partial charge in [0.2, 0.25) is 5.82 Å². The lowest BCUT2D eigenvalue weighted by Crippen LogP contribution is -2.20. The van der Waals surface area contributed by atoms with Crippen molar-refractivity contribution in [3.63, 3.8) is 0 Å². The molecule has 0 saturated carbocycles. The summed E-state index contributed by atoms with van der Waals surface area (Å²) in [6.45, 7) is 4.51. The first kappa shape index (κ1) is 20.3. The van der Waals surface area contributed by atoms with Gasteiger partial charge >= 0.3 is 0 Å². The molecule has 3 N–H and O–H groups in total. The van der Waals surface area contributed by atoms with Crippen molar-refractivity contribution in [2.24, 2.45) is 5.73 Å². The quantitative estimate of drug-likeness (QED) is 0.603. The van der Waals surface area contributed by atoms with Crippen LogP contribution in [-0.4, -0.2) is 17.0 Å². The zero-order valence-corrected chi connectivity index (χ0v) is 16.2. The number of anilines is 2. The Balaban J connectivity index is 1.66. The molecule has 3 aromatic rings. The Hall–Kier alpha value is -3.48. The first-order chi connectivity index (χ1) is 13.9. The number of nitrogens with zero attached hydrogens (tertiary/aromatic N) is 3. The number of benzene rings is 2. The summed E-state index contributed by atoms with van der Waals surface area (Å²) in [6, 6.07) is 13.9. The minimum Gasteiger partial charge on any atom is -0.402 e. The number of allylic oxidation sites excluding steroid dienone is 1. The second-order valence-electron chi connectivity index (χ2n) is 6.85. The van der Waals surface area contributed by atoms with Gasteiger partial charge in [-0.1, -0.05) is 43.0 Å². The third kappa shape index (κ3) is 5.51. The largest absolute Gasteiger partial charge is 0.402 e. The van der Waals surface area contributed by atoms with Crippen molar-refractivity contribution in [2.45, 2.75) is 19.5 Å². The van der Waals surface area contributed by atoms with E-state index in [0.29, 0.717) is 25.2 Å². The highest BCUT2D eigenvalue weighted by molar-refractivity contribution is 5.51. The lowest BCUT2D eigenvalue weighted by atomic mass is 10.1. The number of nitrogens with two attached hydrogens (primary N) is 1. The molecule has 29 heavy (non-hydrogen) atoms. The molecule has 0 unspecified atom stereocenters. The molecule has 150 valence electrons. The zero-order chi connectivity index (χ0) is 20.8. The maximum atomic E-state index is 14.9. The summed E-state index contributed by atoms with van der Waals surface area (Å²) in [7, 11) is 1.72. The molecule has 0 fully saturated rings. The standard InChI is InChI=1S/C22H23F2N5/c1-15(25)11-16-3-5-17(6-4-16)12-26-21-20(24)22(28-14-27-21)29(2)13-18-7-9-19(23)10-8-18/h3-10,14H,1,11-13,25H2,2H3,(H,26,27,28). The van der Waals surface area contributed by atoms with Crippen LogP contribution in [0.3, 0.4) is 0 Å². The summed E-state index contributed by atoms with van der Waals surface area (Å²) in [5.74, 6) is -0.547. The van der Waals surface area contributed by atoms with Gasteiger partial charge in [-0.3, -0.25) is 0 Å². The Labute approximate surface area is 168 Å². The van der Waals surface area contributed by atoms with Gasteiger partial charge in [0, 0.05) is 32.3 Å². The topological polar surface area (TPSA) is 67.1 Å². The molecule has 0 aliphatic carbocycles. The fourth-order valence-corrected chi connectivity index (χ4v) is 2.91. The maximum absolute atomic E-state index is 14.9. The minimum atomic E-state index is -0.534. The fraction of sp³-hybridized carbons (Fsp3) is 0.182. The Bertz CT molecular complexity index is 971. The first-order valence-electron chi connectivity index (χ1n) is 9.13. The van der Waals surface area contributed by atoms with E-state index >= 15 is 0 Å². The normalized spacial score (nSPS) is 10.6. The van der Waals surface area contributed by atoms with Crippen molar-refractivity contribution in [1.82, 2.24) is 9.97 Å². The number of rotatable bonds is 8. The van der Waals surface area contributed by atoms with Crippen molar-refractivity contribution >= 4 is 11.6 Å². The SMILES string of the molecule is C=C(N)Cc1ccc(CNc2ncnc(N(C)Cc3ccc(F)cc3)c2F)cc1. The zero-order valence-electron chi connectivity index (χ0n) is 16.2. The van der Waals surface area contributed by atoms with E-state index in [1.807, 2.05) is 24.3 Å². The average Bonchev–Trinajstić information content (AvgIpc) is 2.69. The second-order valence-corrected chi connectivity index (χ2v) is 6.85. The van der Waals surface area contributed by atoms with Crippen LogP contribution in [0.2, 0.25) is 0 Å². The number of hydrogen-bond acceptors (Lipinski definition) is 5. The van der Waals surface area contributed by atoms with Gasteiger partial charge < -0.3 is 16.0 Å². The van der Waals surface area contributed by atoms with Gasteiger partial charge in [-0.25, -0.2) is 14.4 Å². The number of nitrogens with one attached hydrogen (secondary N) is 1. The third-order valence-corrected chi connectivity index (χ3v) is 4.38. The van der Waals surface area contributed by atoms with E-state index in [0.717, 1.165) is 16.7 Å². The van der Waals surface area contributed by atoms with Crippen LogP contribution in [0.1, 0.15) is 16.7 Å². The maximum Gasteiger partial charge on any atom is 0.207 e. The molecule has 7 heteroatoms. The molecule has 0 aliphatic rings. The van der Waals surface area contributed by atoms with E-state index in [-0.39, 0.29) is 17.5 Å². The van der Waals surface area contributed by atoms with Crippen LogP contribution >= 0.6 is 0 Å². The lowest BCUT2D eigenvalue weighted by Gasteiger charge is -2.19. The molecule has 0 atom stereocenters. The van der Waals surface area contributed by atoms with E-state index in [2.05, 4.69) is 21.9 Å². The van der Waals surface area contributed by atoms with E-state index in [1.165, 1.54) is 18.5 Å². The van der Waals surface area contributed by atoms with Crippen LogP contribution in [-0.2, 0) is 19.5 Å². The monoisotopic (exact) mass is 395 g/mol. The van der Waals surface area contributed by atoms with Crippen molar-refractivity contribution in [2.75, 3.05) is 17.3 Å². The molecule has 2 aromatic carbocycles. The van der Waals surface area contributed by atoms with Gasteiger partial charge in [-0.2, -0.15) is 4.39 Å². The molecule has 0 aliphatic heterocycles. The molecule has 0 saturated heterocycles. The summed E-state index contributed by atoms with van der Waals surface area (Å²) < 4.78 is 27.9. The summed E-state index contributed by atoms with van der Waals surface area (Å²) in [4.78, 5) is 9.72. The van der Waals surface area contributed by atoms with Crippen LogP contribution < -0.4 is 16.0 Å². The highest BCUT2D eigenvalue weighted by Gasteiger charge is 2.15. The number of halogens is 2. The molecule has 0 amide bonds.